The molecule has 1 aromatic heterocycles. The maximum atomic E-state index is 12.8. The first-order chi connectivity index (χ1) is 17.5. The van der Waals surface area contributed by atoms with Gasteiger partial charge in [-0.2, -0.15) is 13.2 Å². The lowest BCUT2D eigenvalue weighted by Gasteiger charge is -2.24. The molecule has 0 amide bonds. The summed E-state index contributed by atoms with van der Waals surface area (Å²) in [5.41, 5.74) is -0.615. The number of alkyl halides is 3. The first-order valence-electron chi connectivity index (χ1n) is 12.1. The van der Waals surface area contributed by atoms with Crippen LogP contribution in [-0.4, -0.2) is 28.4 Å². The van der Waals surface area contributed by atoms with Crippen LogP contribution in [0.2, 0.25) is 0 Å². The van der Waals surface area contributed by atoms with E-state index in [-0.39, 0.29) is 25.0 Å². The zero-order valence-corrected chi connectivity index (χ0v) is 21.3. The molecule has 0 fully saturated rings. The van der Waals surface area contributed by atoms with E-state index in [1.165, 1.54) is 12.1 Å². The first kappa shape index (κ1) is 28.2. The first-order valence-corrected chi connectivity index (χ1v) is 12.1. The number of aromatic nitrogens is 2. The minimum absolute atomic E-state index is 0.125. The molecule has 200 valence electrons. The normalized spacial score (nSPS) is 12.8. The number of unbranched alkanes of at least 4 members (excludes halogenated alkanes) is 1. The molecule has 3 aromatic rings. The number of ether oxygens (including phenoxy) is 3. The average molecular weight is 521 g/mol. The molecule has 0 spiro atoms. The number of carbonyl (C=O) groups is 1. The monoisotopic (exact) mass is 520 g/mol. The van der Waals surface area contributed by atoms with Gasteiger partial charge in [0.05, 0.1) is 18.8 Å². The van der Waals surface area contributed by atoms with Gasteiger partial charge in [0.25, 0.3) is 0 Å². The standard InChI is InChI=1S/C27H31F3N2O5/c1-5-7-8-22(24-32-31-23(36-24)19-11-13-20(14-12-19)27(28,29)30)35-17-18-9-15-21(16-10-18)37-26(3,4)25(33)34-6-2/h9-16,22H,5-8,17H2,1-4H3. The predicted molar refractivity (Wildman–Crippen MR) is 130 cm³/mol. The van der Waals surface area contributed by atoms with E-state index in [1.807, 2.05) is 12.1 Å². The van der Waals surface area contributed by atoms with Crippen LogP contribution in [0.5, 0.6) is 5.75 Å². The van der Waals surface area contributed by atoms with Crippen molar-refractivity contribution in [1.82, 2.24) is 10.2 Å². The van der Waals surface area contributed by atoms with E-state index < -0.39 is 29.4 Å². The highest BCUT2D eigenvalue weighted by Gasteiger charge is 2.32. The average Bonchev–Trinajstić information content (AvgIpc) is 3.35. The van der Waals surface area contributed by atoms with Crippen molar-refractivity contribution in [2.75, 3.05) is 6.61 Å². The highest BCUT2D eigenvalue weighted by molar-refractivity contribution is 5.79. The number of benzene rings is 2. The smallest absolute Gasteiger partial charge is 0.416 e. The van der Waals surface area contributed by atoms with Crippen LogP contribution < -0.4 is 4.74 Å². The number of hydrogen-bond donors (Lipinski definition) is 0. The van der Waals surface area contributed by atoms with Crippen LogP contribution in [0.25, 0.3) is 11.5 Å². The van der Waals surface area contributed by atoms with Gasteiger partial charge in [-0.3, -0.25) is 0 Å². The maximum absolute atomic E-state index is 12.8. The van der Waals surface area contributed by atoms with Crippen molar-refractivity contribution < 1.29 is 36.6 Å². The summed E-state index contributed by atoms with van der Waals surface area (Å²) in [6.07, 6.45) is -2.46. The fraction of sp³-hybridized carbons (Fsp3) is 0.444. The summed E-state index contributed by atoms with van der Waals surface area (Å²) in [5.74, 6) is 0.456. The molecule has 1 heterocycles. The van der Waals surface area contributed by atoms with E-state index in [9.17, 15) is 18.0 Å². The van der Waals surface area contributed by atoms with Gasteiger partial charge < -0.3 is 18.6 Å². The zero-order chi connectivity index (χ0) is 27.1. The number of carbonyl (C=O) groups excluding carboxylic acids is 1. The molecule has 0 saturated heterocycles. The number of rotatable bonds is 12. The predicted octanol–water partition coefficient (Wildman–Crippen LogP) is 6.92. The van der Waals surface area contributed by atoms with E-state index in [4.69, 9.17) is 18.6 Å². The van der Waals surface area contributed by atoms with Crippen molar-refractivity contribution in [3.8, 4) is 17.2 Å². The van der Waals surface area contributed by atoms with Gasteiger partial charge in [0, 0.05) is 5.56 Å². The van der Waals surface area contributed by atoms with Crippen LogP contribution in [0.1, 0.15) is 70.1 Å². The van der Waals surface area contributed by atoms with Crippen molar-refractivity contribution in [3.63, 3.8) is 0 Å². The van der Waals surface area contributed by atoms with Gasteiger partial charge in [-0.05, 0) is 69.2 Å². The van der Waals surface area contributed by atoms with E-state index in [2.05, 4.69) is 17.1 Å². The Morgan fingerprint density at radius 1 is 1.00 bits per heavy atom. The molecule has 0 aliphatic rings. The molecular weight excluding hydrogens is 489 g/mol. The Morgan fingerprint density at radius 2 is 1.68 bits per heavy atom. The molecule has 0 aliphatic carbocycles. The lowest BCUT2D eigenvalue weighted by Crippen LogP contribution is -2.39. The summed E-state index contributed by atoms with van der Waals surface area (Å²) in [6, 6.07) is 11.7. The Balaban J connectivity index is 1.66. The number of esters is 1. The molecule has 1 atom stereocenters. The molecule has 3 rings (SSSR count). The molecule has 0 radical (unpaired) electrons. The van der Waals surface area contributed by atoms with E-state index in [1.54, 1.807) is 32.9 Å². The Hall–Kier alpha value is -3.40. The molecule has 0 N–H and O–H groups in total. The summed E-state index contributed by atoms with van der Waals surface area (Å²) >= 11 is 0. The van der Waals surface area contributed by atoms with Crippen molar-refractivity contribution >= 4 is 5.97 Å². The maximum Gasteiger partial charge on any atom is 0.416 e. The fourth-order valence-corrected chi connectivity index (χ4v) is 3.44. The van der Waals surface area contributed by atoms with E-state index in [0.717, 1.165) is 30.5 Å². The topological polar surface area (TPSA) is 83.7 Å². The third kappa shape index (κ3) is 7.79. The van der Waals surface area contributed by atoms with Crippen LogP contribution >= 0.6 is 0 Å². The fourth-order valence-electron chi connectivity index (χ4n) is 3.44. The Morgan fingerprint density at radius 3 is 2.27 bits per heavy atom. The number of halogens is 3. The molecule has 1 unspecified atom stereocenters. The Bertz CT molecular complexity index is 1140. The summed E-state index contributed by atoms with van der Waals surface area (Å²) < 4.78 is 61.2. The molecule has 0 bridgehead atoms. The van der Waals surface area contributed by atoms with Crippen LogP contribution in [-0.2, 0) is 27.1 Å². The van der Waals surface area contributed by atoms with Crippen molar-refractivity contribution in [1.29, 1.82) is 0 Å². The van der Waals surface area contributed by atoms with Gasteiger partial charge in [0.2, 0.25) is 11.8 Å². The van der Waals surface area contributed by atoms with Crippen LogP contribution in [0, 0.1) is 0 Å². The summed E-state index contributed by atoms with van der Waals surface area (Å²) in [7, 11) is 0. The second-order valence-corrected chi connectivity index (χ2v) is 8.94. The van der Waals surface area contributed by atoms with Crippen LogP contribution in [0.4, 0.5) is 13.2 Å². The lowest BCUT2D eigenvalue weighted by atomic mass is 10.1. The molecule has 10 heteroatoms. The van der Waals surface area contributed by atoms with Crippen molar-refractivity contribution in [2.45, 2.75) is 71.4 Å². The molecule has 2 aromatic carbocycles. The van der Waals surface area contributed by atoms with Crippen LogP contribution in [0.15, 0.2) is 52.9 Å². The summed E-state index contributed by atoms with van der Waals surface area (Å²) in [4.78, 5) is 12.0. The molecule has 37 heavy (non-hydrogen) atoms. The third-order valence-electron chi connectivity index (χ3n) is 5.51. The zero-order valence-electron chi connectivity index (χ0n) is 21.3. The van der Waals surface area contributed by atoms with Gasteiger partial charge in [0.15, 0.2) is 5.60 Å². The van der Waals surface area contributed by atoms with E-state index >= 15 is 0 Å². The summed E-state index contributed by atoms with van der Waals surface area (Å²) in [5, 5.41) is 8.09. The molecule has 0 aliphatic heterocycles. The Labute approximate surface area is 213 Å². The summed E-state index contributed by atoms with van der Waals surface area (Å²) in [6.45, 7) is 7.60. The minimum atomic E-state index is -4.42. The SMILES string of the molecule is CCCCC(OCc1ccc(OC(C)(C)C(=O)OCC)cc1)c1nnc(-c2ccc(C(F)(F)F)cc2)o1. The van der Waals surface area contributed by atoms with E-state index in [0.29, 0.717) is 17.7 Å². The van der Waals surface area contributed by atoms with Crippen molar-refractivity contribution in [2.24, 2.45) is 0 Å². The van der Waals surface area contributed by atoms with Gasteiger partial charge in [0.1, 0.15) is 11.9 Å². The highest BCUT2D eigenvalue weighted by Crippen LogP contribution is 2.32. The Kier molecular flexibility index (Phi) is 9.31. The van der Waals surface area contributed by atoms with Gasteiger partial charge in [-0.15, -0.1) is 10.2 Å². The third-order valence-corrected chi connectivity index (χ3v) is 5.51. The lowest BCUT2D eigenvalue weighted by molar-refractivity contribution is -0.158. The molecular formula is C27H31F3N2O5. The van der Waals surface area contributed by atoms with Crippen molar-refractivity contribution in [3.05, 3.63) is 65.5 Å². The van der Waals surface area contributed by atoms with Gasteiger partial charge in [-0.1, -0.05) is 31.9 Å². The largest absolute Gasteiger partial charge is 0.476 e. The van der Waals surface area contributed by atoms with Crippen LogP contribution in [0.3, 0.4) is 0 Å². The quantitative estimate of drug-likeness (QED) is 0.240. The highest BCUT2D eigenvalue weighted by atomic mass is 19.4. The van der Waals surface area contributed by atoms with Gasteiger partial charge >= 0.3 is 12.1 Å². The number of nitrogens with zero attached hydrogens (tertiary/aromatic N) is 2. The number of hydrogen-bond acceptors (Lipinski definition) is 7. The molecule has 7 nitrogen and oxygen atoms in total. The second-order valence-electron chi connectivity index (χ2n) is 8.94. The minimum Gasteiger partial charge on any atom is -0.476 e. The molecule has 0 saturated carbocycles. The van der Waals surface area contributed by atoms with Gasteiger partial charge in [-0.25, -0.2) is 4.79 Å². The second kappa shape index (κ2) is 12.2.